The number of carbonyl (C=O) groups excluding carboxylic acids is 6. The molecule has 2 saturated carbocycles. The van der Waals surface area contributed by atoms with Crippen molar-refractivity contribution in [2.75, 3.05) is 13.1 Å². The molecule has 0 bridgehead atoms. The fraction of sp³-hybridized carbons (Fsp3) is 0.758. The van der Waals surface area contributed by atoms with Crippen molar-refractivity contribution in [2.45, 2.75) is 129 Å². The molecule has 3 fully saturated rings. The molecular formula is C33H52N4O8. The first-order valence-corrected chi connectivity index (χ1v) is 16.3. The molecule has 1 unspecified atom stereocenters. The maximum Gasteiger partial charge on any atom is 0.408 e. The molecule has 0 radical (unpaired) electrons. The quantitative estimate of drug-likeness (QED) is 0.159. The standard InChI is InChI=1S/C33H52N4O8/c1-8-9-15-23(27(39)29(41)34-17-16-24(38)44-32(2,3)4)35-28(40)26-22-18-21(22)19-37(26)30(42)25(20-13-11-10-12-14-20)36-31(43)45-33(5,6)7/h8,20-23,25-26H,1,9-19H2,2-7H3,(H,34,41)(H,35,40)(H,36,43)/t21-,22-,23?,25-,26-/m0/s1. The van der Waals surface area contributed by atoms with E-state index in [4.69, 9.17) is 9.47 Å². The average molecular weight is 633 g/mol. The van der Waals surface area contributed by atoms with Gasteiger partial charge in [0.1, 0.15) is 23.3 Å². The zero-order valence-corrected chi connectivity index (χ0v) is 27.7. The molecule has 0 spiro atoms. The van der Waals surface area contributed by atoms with Crippen molar-refractivity contribution >= 4 is 35.6 Å². The monoisotopic (exact) mass is 632 g/mol. The predicted octanol–water partition coefficient (Wildman–Crippen LogP) is 3.18. The Morgan fingerprint density at radius 1 is 0.933 bits per heavy atom. The fourth-order valence-electron chi connectivity index (χ4n) is 6.22. The molecule has 3 rings (SSSR count). The number of allylic oxidation sites excluding steroid dienone is 1. The van der Waals surface area contributed by atoms with Crippen LogP contribution >= 0.6 is 0 Å². The van der Waals surface area contributed by atoms with Crippen LogP contribution in [0, 0.1) is 17.8 Å². The van der Waals surface area contributed by atoms with E-state index in [1.54, 1.807) is 52.5 Å². The Labute approximate surface area is 266 Å². The number of esters is 1. The number of alkyl carbamates (subject to hydrolysis) is 1. The Kier molecular flexibility index (Phi) is 12.2. The topological polar surface area (TPSA) is 160 Å². The first-order valence-electron chi connectivity index (χ1n) is 16.3. The second-order valence-electron chi connectivity index (χ2n) is 14.5. The maximum absolute atomic E-state index is 14.1. The van der Waals surface area contributed by atoms with E-state index in [9.17, 15) is 28.8 Å². The van der Waals surface area contributed by atoms with Gasteiger partial charge >= 0.3 is 12.1 Å². The number of fused-ring (bicyclic) bond motifs is 1. The van der Waals surface area contributed by atoms with E-state index < -0.39 is 59.0 Å². The smallest absolute Gasteiger partial charge is 0.408 e. The highest BCUT2D eigenvalue weighted by Gasteiger charge is 2.58. The van der Waals surface area contributed by atoms with Crippen LogP contribution in [-0.4, -0.2) is 82.9 Å². The van der Waals surface area contributed by atoms with Crippen LogP contribution in [0.2, 0.25) is 0 Å². The van der Waals surface area contributed by atoms with Crippen LogP contribution < -0.4 is 16.0 Å². The van der Waals surface area contributed by atoms with Gasteiger partial charge in [-0.1, -0.05) is 25.3 Å². The lowest BCUT2D eigenvalue weighted by Crippen LogP contribution is -2.59. The van der Waals surface area contributed by atoms with E-state index in [2.05, 4.69) is 22.5 Å². The number of ketones is 1. The lowest BCUT2D eigenvalue weighted by molar-refractivity contribution is -0.154. The zero-order valence-electron chi connectivity index (χ0n) is 27.7. The minimum absolute atomic E-state index is 0.0553. The van der Waals surface area contributed by atoms with Crippen molar-refractivity contribution in [1.82, 2.24) is 20.9 Å². The van der Waals surface area contributed by atoms with Crippen LogP contribution in [0.25, 0.3) is 0 Å². The maximum atomic E-state index is 14.1. The number of carbonyl (C=O) groups is 6. The van der Waals surface area contributed by atoms with Crippen LogP contribution in [0.3, 0.4) is 0 Å². The Morgan fingerprint density at radius 2 is 1.58 bits per heavy atom. The van der Waals surface area contributed by atoms with E-state index in [0.717, 1.165) is 38.5 Å². The van der Waals surface area contributed by atoms with Gasteiger partial charge in [-0.2, -0.15) is 0 Å². The number of Topliss-reactive ketones (excluding diaryl/α,β-unsaturated/α-hetero) is 1. The normalized spacial score (nSPS) is 22.7. The summed E-state index contributed by atoms with van der Waals surface area (Å²) in [6.07, 6.45) is 6.63. The van der Waals surface area contributed by atoms with E-state index in [1.807, 2.05) is 0 Å². The number of likely N-dealkylation sites (tertiary alicyclic amines) is 1. The molecule has 1 aliphatic heterocycles. The van der Waals surface area contributed by atoms with Gasteiger partial charge in [0.15, 0.2) is 0 Å². The molecule has 1 heterocycles. The van der Waals surface area contributed by atoms with Crippen molar-refractivity contribution in [3.05, 3.63) is 12.7 Å². The van der Waals surface area contributed by atoms with Crippen molar-refractivity contribution in [1.29, 1.82) is 0 Å². The Bertz CT molecular complexity index is 1130. The SMILES string of the molecule is C=CCCC(NC(=O)[C@@H]1[C@H]2C[C@H]2CN1C(=O)[C@@H](NC(=O)OC(C)(C)C)C1CCCCC1)C(=O)C(=O)NCCC(=O)OC(C)(C)C. The summed E-state index contributed by atoms with van der Waals surface area (Å²) in [7, 11) is 0. The third kappa shape index (κ3) is 10.8. The molecule has 252 valence electrons. The second-order valence-corrected chi connectivity index (χ2v) is 14.5. The van der Waals surface area contributed by atoms with Gasteiger partial charge < -0.3 is 30.3 Å². The van der Waals surface area contributed by atoms with Crippen LogP contribution in [-0.2, 0) is 33.4 Å². The molecule has 12 nitrogen and oxygen atoms in total. The minimum atomic E-state index is -1.14. The van der Waals surface area contributed by atoms with Gasteiger partial charge in [-0.3, -0.25) is 24.0 Å². The summed E-state index contributed by atoms with van der Waals surface area (Å²) in [4.78, 5) is 80.0. The second kappa shape index (κ2) is 15.2. The van der Waals surface area contributed by atoms with E-state index in [1.165, 1.54) is 0 Å². The van der Waals surface area contributed by atoms with Crippen molar-refractivity contribution in [3.8, 4) is 0 Å². The Morgan fingerprint density at radius 3 is 2.18 bits per heavy atom. The van der Waals surface area contributed by atoms with Crippen LogP contribution in [0.5, 0.6) is 0 Å². The van der Waals surface area contributed by atoms with Gasteiger partial charge in [0, 0.05) is 13.1 Å². The molecule has 0 aromatic rings. The molecule has 45 heavy (non-hydrogen) atoms. The number of rotatable bonds is 13. The zero-order chi connectivity index (χ0) is 33.5. The molecule has 0 aromatic heterocycles. The number of hydrogen-bond acceptors (Lipinski definition) is 8. The molecule has 4 amide bonds. The third-order valence-corrected chi connectivity index (χ3v) is 8.31. The molecular weight excluding hydrogens is 580 g/mol. The molecule has 1 saturated heterocycles. The van der Waals surface area contributed by atoms with Crippen LogP contribution in [0.4, 0.5) is 4.79 Å². The van der Waals surface area contributed by atoms with Gasteiger partial charge in [-0.15, -0.1) is 6.58 Å². The molecule has 0 aromatic carbocycles. The summed E-state index contributed by atoms with van der Waals surface area (Å²) in [5.74, 6) is -3.07. The Balaban J connectivity index is 1.70. The molecule has 2 aliphatic carbocycles. The van der Waals surface area contributed by atoms with E-state index in [0.29, 0.717) is 13.0 Å². The largest absolute Gasteiger partial charge is 0.460 e. The third-order valence-electron chi connectivity index (χ3n) is 8.31. The predicted molar refractivity (Wildman–Crippen MR) is 167 cm³/mol. The first kappa shape index (κ1) is 36.0. The summed E-state index contributed by atoms with van der Waals surface area (Å²) >= 11 is 0. The first-order chi connectivity index (χ1) is 21.0. The summed E-state index contributed by atoms with van der Waals surface area (Å²) < 4.78 is 10.7. The van der Waals surface area contributed by atoms with Gasteiger partial charge in [0.05, 0.1) is 12.5 Å². The minimum Gasteiger partial charge on any atom is -0.460 e. The Hall–Kier alpha value is -3.44. The highest BCUT2D eigenvalue weighted by Crippen LogP contribution is 2.50. The molecule has 3 N–H and O–H groups in total. The number of piperidine rings is 1. The number of hydrogen-bond donors (Lipinski definition) is 3. The lowest BCUT2D eigenvalue weighted by Gasteiger charge is -2.36. The number of amides is 4. The highest BCUT2D eigenvalue weighted by atomic mass is 16.6. The van der Waals surface area contributed by atoms with Crippen molar-refractivity contribution in [3.63, 3.8) is 0 Å². The molecule has 3 aliphatic rings. The van der Waals surface area contributed by atoms with Gasteiger partial charge in [-0.25, -0.2) is 4.79 Å². The molecule has 12 heteroatoms. The van der Waals surface area contributed by atoms with Crippen molar-refractivity contribution in [2.24, 2.45) is 17.8 Å². The summed E-state index contributed by atoms with van der Waals surface area (Å²) in [6, 6.07) is -2.79. The summed E-state index contributed by atoms with van der Waals surface area (Å²) in [6.45, 7) is 14.4. The van der Waals surface area contributed by atoms with Crippen LogP contribution in [0.1, 0.15) is 99.3 Å². The molecule has 5 atom stereocenters. The number of nitrogens with one attached hydrogen (secondary N) is 3. The van der Waals surface area contributed by atoms with Gasteiger partial charge in [0.25, 0.3) is 5.91 Å². The van der Waals surface area contributed by atoms with Crippen molar-refractivity contribution < 1.29 is 38.2 Å². The van der Waals surface area contributed by atoms with E-state index >= 15 is 0 Å². The van der Waals surface area contributed by atoms with Crippen LogP contribution in [0.15, 0.2) is 12.7 Å². The van der Waals surface area contributed by atoms with E-state index in [-0.39, 0.29) is 43.0 Å². The summed E-state index contributed by atoms with van der Waals surface area (Å²) in [5.41, 5.74) is -1.41. The highest BCUT2D eigenvalue weighted by molar-refractivity contribution is 6.38. The van der Waals surface area contributed by atoms with Gasteiger partial charge in [0.2, 0.25) is 17.6 Å². The lowest BCUT2D eigenvalue weighted by atomic mass is 9.83. The number of ether oxygens (including phenoxy) is 2. The summed E-state index contributed by atoms with van der Waals surface area (Å²) in [5, 5.41) is 8.00. The number of nitrogens with zero attached hydrogens (tertiary/aromatic N) is 1. The van der Waals surface area contributed by atoms with Gasteiger partial charge in [-0.05, 0) is 91.4 Å². The fourth-order valence-corrected chi connectivity index (χ4v) is 6.22. The average Bonchev–Trinajstić information content (AvgIpc) is 3.60.